The molecule has 4 nitrogen and oxygen atoms in total. The van der Waals surface area contributed by atoms with E-state index >= 15 is 0 Å². The Labute approximate surface area is 145 Å². The molecule has 0 spiro atoms. The molecule has 132 valence electrons. The highest BCUT2D eigenvalue weighted by atomic mass is 16.5. The highest BCUT2D eigenvalue weighted by Gasteiger charge is 2.22. The molecule has 1 fully saturated rings. The Kier molecular flexibility index (Phi) is 7.80. The summed E-state index contributed by atoms with van der Waals surface area (Å²) in [4.78, 5) is 24.2. The smallest absolute Gasteiger partial charge is 0.311 e. The molecule has 1 aliphatic carbocycles. The van der Waals surface area contributed by atoms with Gasteiger partial charge in [-0.2, -0.15) is 0 Å². The fourth-order valence-electron chi connectivity index (χ4n) is 3.36. The fraction of sp³-hybridized carbons (Fsp3) is 0.600. The Bertz CT molecular complexity index is 509. The monoisotopic (exact) mass is 331 g/mol. The van der Waals surface area contributed by atoms with Gasteiger partial charge in [0, 0.05) is 13.0 Å². The molecule has 4 heteroatoms. The molecule has 24 heavy (non-hydrogen) atoms. The largest absolute Gasteiger partial charge is 0.466 e. The molecule has 1 aromatic carbocycles. The summed E-state index contributed by atoms with van der Waals surface area (Å²) in [5.41, 5.74) is 1.08. The normalized spacial score (nSPS) is 15.9. The summed E-state index contributed by atoms with van der Waals surface area (Å²) < 4.78 is 5.16. The lowest BCUT2D eigenvalue weighted by atomic mass is 9.98. The Hall–Kier alpha value is -1.84. The molecule has 1 saturated carbocycles. The predicted molar refractivity (Wildman–Crippen MR) is 94.5 cm³/mol. The number of carbonyl (C=O) groups excluding carboxylic acids is 2. The molecule has 0 radical (unpaired) electrons. The van der Waals surface area contributed by atoms with Gasteiger partial charge in [0.15, 0.2) is 0 Å². The van der Waals surface area contributed by atoms with Crippen molar-refractivity contribution in [2.75, 3.05) is 13.2 Å². The van der Waals surface area contributed by atoms with Crippen molar-refractivity contribution in [1.82, 2.24) is 5.32 Å². The highest BCUT2D eigenvalue weighted by molar-refractivity contribution is 5.78. The van der Waals surface area contributed by atoms with Gasteiger partial charge in [0.2, 0.25) is 5.91 Å². The van der Waals surface area contributed by atoms with Gasteiger partial charge in [-0.15, -0.1) is 0 Å². The van der Waals surface area contributed by atoms with E-state index in [9.17, 15) is 9.59 Å². The van der Waals surface area contributed by atoms with Crippen molar-refractivity contribution >= 4 is 11.9 Å². The van der Waals surface area contributed by atoms with Crippen molar-refractivity contribution in [2.45, 2.75) is 51.9 Å². The molecular formula is C20H29NO3. The van der Waals surface area contributed by atoms with Gasteiger partial charge in [-0.05, 0) is 31.2 Å². The summed E-state index contributed by atoms with van der Waals surface area (Å²) in [5.74, 6) is 0.186. The van der Waals surface area contributed by atoms with Gasteiger partial charge in [-0.25, -0.2) is 0 Å². The van der Waals surface area contributed by atoms with Crippen LogP contribution in [0, 0.1) is 11.8 Å². The number of amides is 1. The van der Waals surface area contributed by atoms with Gasteiger partial charge in [0.1, 0.15) is 0 Å². The van der Waals surface area contributed by atoms with Crippen LogP contribution in [0.2, 0.25) is 0 Å². The Morgan fingerprint density at radius 3 is 2.58 bits per heavy atom. The molecule has 2 rings (SSSR count). The average Bonchev–Trinajstić information content (AvgIpc) is 3.11. The zero-order valence-electron chi connectivity index (χ0n) is 14.6. The molecule has 0 saturated heterocycles. The van der Waals surface area contributed by atoms with Crippen LogP contribution in [0.15, 0.2) is 30.3 Å². The van der Waals surface area contributed by atoms with Crippen LogP contribution in [-0.2, 0) is 20.7 Å². The summed E-state index contributed by atoms with van der Waals surface area (Å²) in [5, 5.41) is 2.93. The van der Waals surface area contributed by atoms with Gasteiger partial charge in [0.05, 0.1) is 12.5 Å². The molecule has 0 bridgehead atoms. The van der Waals surface area contributed by atoms with Gasteiger partial charge >= 0.3 is 5.97 Å². The maximum atomic E-state index is 12.2. The molecule has 0 aromatic heterocycles. The zero-order valence-corrected chi connectivity index (χ0v) is 14.6. The molecule has 0 unspecified atom stereocenters. The average molecular weight is 331 g/mol. The van der Waals surface area contributed by atoms with Crippen molar-refractivity contribution in [3.05, 3.63) is 35.9 Å². The molecule has 1 N–H and O–H groups in total. The molecule has 0 aliphatic heterocycles. The lowest BCUT2D eigenvalue weighted by molar-refractivity contribution is -0.147. The van der Waals surface area contributed by atoms with E-state index in [0.29, 0.717) is 31.9 Å². The lowest BCUT2D eigenvalue weighted by Gasteiger charge is -2.17. The molecule has 1 amide bonds. The van der Waals surface area contributed by atoms with E-state index < -0.39 is 0 Å². The van der Waals surface area contributed by atoms with Gasteiger partial charge < -0.3 is 10.1 Å². The van der Waals surface area contributed by atoms with Gasteiger partial charge in [-0.1, -0.05) is 56.0 Å². The van der Waals surface area contributed by atoms with E-state index in [2.05, 4.69) is 5.32 Å². The Morgan fingerprint density at radius 2 is 1.92 bits per heavy atom. The van der Waals surface area contributed by atoms with Crippen molar-refractivity contribution in [2.24, 2.45) is 11.8 Å². The van der Waals surface area contributed by atoms with Crippen LogP contribution >= 0.6 is 0 Å². The van der Waals surface area contributed by atoms with Crippen LogP contribution in [0.25, 0.3) is 0 Å². The van der Waals surface area contributed by atoms with E-state index in [1.165, 1.54) is 25.7 Å². The first-order valence-electron chi connectivity index (χ1n) is 9.16. The maximum Gasteiger partial charge on any atom is 0.311 e. The standard InChI is InChI=1S/C20H29NO3/c1-2-24-20(23)18(14-17-10-4-3-5-11-17)15-21-19(22)13-12-16-8-6-7-9-16/h3-5,10-11,16,18H,2,6-9,12-15H2,1H3,(H,21,22)/t18-/m0/s1. The Morgan fingerprint density at radius 1 is 1.21 bits per heavy atom. The first kappa shape index (κ1) is 18.5. The number of carbonyl (C=O) groups is 2. The van der Waals surface area contributed by atoms with Crippen LogP contribution in [0.4, 0.5) is 0 Å². The maximum absolute atomic E-state index is 12.2. The summed E-state index contributed by atoms with van der Waals surface area (Å²) in [7, 11) is 0. The molecule has 1 aliphatic rings. The molecule has 1 aromatic rings. The van der Waals surface area contributed by atoms with Crippen LogP contribution in [0.3, 0.4) is 0 Å². The van der Waals surface area contributed by atoms with Gasteiger partial charge in [0.25, 0.3) is 0 Å². The van der Waals surface area contributed by atoms with Crippen molar-refractivity contribution in [1.29, 1.82) is 0 Å². The van der Waals surface area contributed by atoms with E-state index in [0.717, 1.165) is 12.0 Å². The second-order valence-electron chi connectivity index (χ2n) is 6.63. The molecular weight excluding hydrogens is 302 g/mol. The van der Waals surface area contributed by atoms with Crippen LogP contribution < -0.4 is 5.32 Å². The van der Waals surface area contributed by atoms with Crippen molar-refractivity contribution < 1.29 is 14.3 Å². The SMILES string of the molecule is CCOC(=O)[C@H](CNC(=O)CCC1CCCC1)Cc1ccccc1. The number of hydrogen-bond acceptors (Lipinski definition) is 3. The van der Waals surface area contributed by atoms with Gasteiger partial charge in [-0.3, -0.25) is 9.59 Å². The summed E-state index contributed by atoms with van der Waals surface area (Å²) in [6.07, 6.45) is 7.23. The zero-order chi connectivity index (χ0) is 17.2. The number of hydrogen-bond donors (Lipinski definition) is 1. The topological polar surface area (TPSA) is 55.4 Å². The molecule has 0 heterocycles. The van der Waals surface area contributed by atoms with E-state index in [1.807, 2.05) is 30.3 Å². The van der Waals surface area contributed by atoms with Crippen LogP contribution in [-0.4, -0.2) is 25.0 Å². The number of esters is 1. The summed E-state index contributed by atoms with van der Waals surface area (Å²) >= 11 is 0. The van der Waals surface area contributed by atoms with Crippen LogP contribution in [0.5, 0.6) is 0 Å². The second-order valence-corrected chi connectivity index (χ2v) is 6.63. The quantitative estimate of drug-likeness (QED) is 0.705. The number of nitrogens with one attached hydrogen (secondary N) is 1. The van der Waals surface area contributed by atoms with Crippen LogP contribution in [0.1, 0.15) is 51.0 Å². The minimum absolute atomic E-state index is 0.0456. The van der Waals surface area contributed by atoms with E-state index in [1.54, 1.807) is 6.92 Å². The number of ether oxygens (including phenoxy) is 1. The summed E-state index contributed by atoms with van der Waals surface area (Å²) in [6.45, 7) is 2.51. The lowest BCUT2D eigenvalue weighted by Crippen LogP contribution is -2.35. The third-order valence-electron chi connectivity index (χ3n) is 4.74. The molecule has 1 atom stereocenters. The predicted octanol–water partition coefficient (Wildman–Crippen LogP) is 3.50. The van der Waals surface area contributed by atoms with E-state index in [-0.39, 0.29) is 17.8 Å². The summed E-state index contributed by atoms with van der Waals surface area (Å²) in [6, 6.07) is 9.85. The fourth-order valence-corrected chi connectivity index (χ4v) is 3.36. The van der Waals surface area contributed by atoms with Crippen molar-refractivity contribution in [3.63, 3.8) is 0 Å². The third-order valence-corrected chi connectivity index (χ3v) is 4.74. The third kappa shape index (κ3) is 6.34. The number of benzene rings is 1. The minimum atomic E-state index is -0.331. The van der Waals surface area contributed by atoms with Crippen molar-refractivity contribution in [3.8, 4) is 0 Å². The first-order chi connectivity index (χ1) is 11.7. The minimum Gasteiger partial charge on any atom is -0.466 e. The second kappa shape index (κ2) is 10.1. The first-order valence-corrected chi connectivity index (χ1v) is 9.16. The number of rotatable bonds is 9. The Balaban J connectivity index is 1.80. The van der Waals surface area contributed by atoms with E-state index in [4.69, 9.17) is 4.74 Å². The highest BCUT2D eigenvalue weighted by Crippen LogP contribution is 2.28.